The van der Waals surface area contributed by atoms with Crippen LogP contribution in [0.3, 0.4) is 0 Å². The van der Waals surface area contributed by atoms with Gasteiger partial charge >= 0.3 is 0 Å². The molecule has 0 aliphatic carbocycles. The lowest BCUT2D eigenvalue weighted by Gasteiger charge is -2.27. The Balaban J connectivity index is 2.21. The second-order valence-electron chi connectivity index (χ2n) is 6.37. The smallest absolute Gasteiger partial charge is 0.150 e. The molecule has 3 aromatic rings. The maximum absolute atomic E-state index is 14.4. The zero-order valence-electron chi connectivity index (χ0n) is 14.4. The Kier molecular flexibility index (Phi) is 4.73. The number of benzene rings is 3. The highest BCUT2D eigenvalue weighted by Crippen LogP contribution is 2.57. The average molecular weight is 334 g/mol. The maximum atomic E-state index is 14.4. The zero-order valence-corrected chi connectivity index (χ0v) is 15.3. The molecular formula is C22H23OP. The predicted molar refractivity (Wildman–Crippen MR) is 104 cm³/mol. The lowest BCUT2D eigenvalue weighted by atomic mass is 10.0. The lowest BCUT2D eigenvalue weighted by molar-refractivity contribution is 0.580. The van der Waals surface area contributed by atoms with Crippen LogP contribution in [0.1, 0.15) is 29.3 Å². The van der Waals surface area contributed by atoms with Gasteiger partial charge in [-0.25, -0.2) is 0 Å². The van der Waals surface area contributed by atoms with Crippen LogP contribution < -0.4 is 10.6 Å². The molecule has 122 valence electrons. The van der Waals surface area contributed by atoms with Crippen LogP contribution in [0.2, 0.25) is 0 Å². The summed E-state index contributed by atoms with van der Waals surface area (Å²) in [4.78, 5) is 0. The van der Waals surface area contributed by atoms with E-state index in [9.17, 15) is 4.57 Å². The van der Waals surface area contributed by atoms with Crippen LogP contribution >= 0.6 is 7.14 Å². The molecule has 0 fully saturated rings. The summed E-state index contributed by atoms with van der Waals surface area (Å²) >= 11 is 0. The van der Waals surface area contributed by atoms with Crippen LogP contribution in [-0.4, -0.2) is 0 Å². The van der Waals surface area contributed by atoms with Gasteiger partial charge in [-0.05, 0) is 25.0 Å². The second-order valence-corrected chi connectivity index (χ2v) is 9.49. The van der Waals surface area contributed by atoms with Gasteiger partial charge in [-0.1, -0.05) is 91.3 Å². The van der Waals surface area contributed by atoms with E-state index < -0.39 is 7.14 Å². The van der Waals surface area contributed by atoms with Gasteiger partial charge in [0.25, 0.3) is 0 Å². The molecule has 0 spiro atoms. The zero-order chi connectivity index (χ0) is 17.2. The van der Waals surface area contributed by atoms with Crippen molar-refractivity contribution >= 4 is 17.8 Å². The molecule has 3 rings (SSSR count). The fourth-order valence-corrected chi connectivity index (χ4v) is 6.49. The van der Waals surface area contributed by atoms with Crippen LogP contribution in [0.25, 0.3) is 0 Å². The highest BCUT2D eigenvalue weighted by molar-refractivity contribution is 7.79. The summed E-state index contributed by atoms with van der Waals surface area (Å²) in [6, 6.07) is 26.2. The van der Waals surface area contributed by atoms with Crippen molar-refractivity contribution in [2.45, 2.75) is 26.4 Å². The van der Waals surface area contributed by atoms with Crippen LogP contribution in [0.15, 0.2) is 78.9 Å². The molecule has 0 saturated carbocycles. The van der Waals surface area contributed by atoms with Gasteiger partial charge < -0.3 is 4.57 Å². The van der Waals surface area contributed by atoms with Gasteiger partial charge in [0.05, 0.1) is 0 Å². The molecule has 0 aromatic heterocycles. The Labute approximate surface area is 144 Å². The molecule has 0 radical (unpaired) electrons. The van der Waals surface area contributed by atoms with E-state index in [1.807, 2.05) is 60.7 Å². The molecule has 1 unspecified atom stereocenters. The van der Waals surface area contributed by atoms with E-state index in [2.05, 4.69) is 39.0 Å². The minimum atomic E-state index is -2.78. The molecule has 2 heteroatoms. The first-order chi connectivity index (χ1) is 11.5. The van der Waals surface area contributed by atoms with Crippen molar-refractivity contribution < 1.29 is 4.57 Å². The first-order valence-electron chi connectivity index (χ1n) is 8.31. The lowest BCUT2D eigenvalue weighted by Crippen LogP contribution is -2.20. The van der Waals surface area contributed by atoms with Gasteiger partial charge in [0.1, 0.15) is 7.14 Å². The Hall–Kier alpha value is -2.11. The average Bonchev–Trinajstić information content (AvgIpc) is 2.62. The van der Waals surface area contributed by atoms with E-state index in [-0.39, 0.29) is 5.66 Å². The molecule has 24 heavy (non-hydrogen) atoms. The minimum absolute atomic E-state index is 0.0668. The fourth-order valence-electron chi connectivity index (χ4n) is 3.39. The molecule has 1 nitrogen and oxygen atoms in total. The molecular weight excluding hydrogens is 311 g/mol. The van der Waals surface area contributed by atoms with Crippen molar-refractivity contribution in [3.05, 3.63) is 95.6 Å². The van der Waals surface area contributed by atoms with Crippen molar-refractivity contribution in [3.63, 3.8) is 0 Å². The number of aryl methyl sites for hydroxylation is 2. The molecule has 0 amide bonds. The number of hydrogen-bond acceptors (Lipinski definition) is 1. The molecule has 0 N–H and O–H groups in total. The van der Waals surface area contributed by atoms with Crippen molar-refractivity contribution in [1.29, 1.82) is 0 Å². The van der Waals surface area contributed by atoms with Crippen molar-refractivity contribution in [1.82, 2.24) is 0 Å². The van der Waals surface area contributed by atoms with Crippen molar-refractivity contribution in [2.75, 3.05) is 0 Å². The van der Waals surface area contributed by atoms with Crippen LogP contribution in [0, 0.1) is 13.8 Å². The summed E-state index contributed by atoms with van der Waals surface area (Å²) in [5, 5.41) is 1.84. The summed E-state index contributed by atoms with van der Waals surface area (Å²) in [7, 11) is -2.78. The van der Waals surface area contributed by atoms with E-state index in [1.165, 1.54) is 11.1 Å². The normalized spacial score (nSPS) is 12.8. The van der Waals surface area contributed by atoms with Crippen molar-refractivity contribution in [3.8, 4) is 0 Å². The summed E-state index contributed by atoms with van der Waals surface area (Å²) in [6.45, 7) is 6.30. The highest BCUT2D eigenvalue weighted by Gasteiger charge is 2.35. The standard InChI is InChI=1S/C22H23OP/c1-17-14-15-22(18(2)16-17)19(3)24(23,20-10-6-4-7-11-20)21-12-8-5-9-13-21/h4-16,19H,1-3H3. The minimum Gasteiger partial charge on any atom is -0.313 e. The Bertz CT molecular complexity index is 825. The van der Waals surface area contributed by atoms with E-state index >= 15 is 0 Å². The summed E-state index contributed by atoms with van der Waals surface area (Å²) in [6.07, 6.45) is 0. The second kappa shape index (κ2) is 6.79. The van der Waals surface area contributed by atoms with Crippen molar-refractivity contribution in [2.24, 2.45) is 0 Å². The van der Waals surface area contributed by atoms with Gasteiger partial charge in [-0.3, -0.25) is 0 Å². The molecule has 1 atom stereocenters. The first kappa shape index (κ1) is 16.7. The van der Waals surface area contributed by atoms with Gasteiger partial charge in [-0.2, -0.15) is 0 Å². The van der Waals surface area contributed by atoms with Gasteiger partial charge in [0.2, 0.25) is 0 Å². The molecule has 0 aliphatic rings. The number of hydrogen-bond donors (Lipinski definition) is 0. The first-order valence-corrected chi connectivity index (χ1v) is 10.1. The van der Waals surface area contributed by atoms with Gasteiger partial charge in [0, 0.05) is 16.3 Å². The Morgan fingerprint density at radius 2 is 1.25 bits per heavy atom. The van der Waals surface area contributed by atoms with E-state index in [0.29, 0.717) is 0 Å². The molecule has 0 heterocycles. The van der Waals surface area contributed by atoms with Gasteiger partial charge in [-0.15, -0.1) is 0 Å². The third-order valence-corrected chi connectivity index (χ3v) is 8.20. The predicted octanol–water partition coefficient (Wildman–Crippen LogP) is 5.38. The summed E-state index contributed by atoms with van der Waals surface area (Å²) < 4.78 is 14.4. The van der Waals surface area contributed by atoms with E-state index in [0.717, 1.165) is 16.2 Å². The molecule has 0 saturated heterocycles. The van der Waals surface area contributed by atoms with Crippen LogP contribution in [-0.2, 0) is 4.57 Å². The Morgan fingerprint density at radius 3 is 1.71 bits per heavy atom. The Morgan fingerprint density at radius 1 is 0.750 bits per heavy atom. The highest BCUT2D eigenvalue weighted by atomic mass is 31.2. The van der Waals surface area contributed by atoms with E-state index in [4.69, 9.17) is 0 Å². The fraction of sp³-hybridized carbons (Fsp3) is 0.182. The SMILES string of the molecule is Cc1ccc(C(C)P(=O)(c2ccccc2)c2ccccc2)c(C)c1. The van der Waals surface area contributed by atoms with Gasteiger partial charge in [0.15, 0.2) is 0 Å². The van der Waals surface area contributed by atoms with E-state index in [1.54, 1.807) is 0 Å². The molecule has 3 aromatic carbocycles. The summed E-state index contributed by atoms with van der Waals surface area (Å²) in [5.41, 5.74) is 3.53. The third kappa shape index (κ3) is 2.97. The quantitative estimate of drug-likeness (QED) is 0.586. The molecule has 0 bridgehead atoms. The van der Waals surface area contributed by atoms with Crippen LogP contribution in [0.5, 0.6) is 0 Å². The summed E-state index contributed by atoms with van der Waals surface area (Å²) in [5.74, 6) is 0. The monoisotopic (exact) mass is 334 g/mol. The topological polar surface area (TPSA) is 17.1 Å². The molecule has 0 aliphatic heterocycles. The number of rotatable bonds is 4. The largest absolute Gasteiger partial charge is 0.313 e. The van der Waals surface area contributed by atoms with Crippen LogP contribution in [0.4, 0.5) is 0 Å². The third-order valence-electron chi connectivity index (χ3n) is 4.70. The maximum Gasteiger partial charge on any atom is 0.150 e.